The fourth-order valence-electron chi connectivity index (χ4n) is 7.50. The fraction of sp³-hybridized carbons (Fsp3) is 1.00. The Morgan fingerprint density at radius 1 is 0.810 bits per heavy atom. The van der Waals surface area contributed by atoms with Gasteiger partial charge in [0, 0.05) is 0 Å². The SMILES string of the molecule is C[C@H]1CCC2C3CCC4C[C@@H](O)CC[C@]4(C)C3CC[C@@]21C. The third kappa shape index (κ3) is 1.92. The monoisotopic (exact) mass is 290 g/mol. The van der Waals surface area contributed by atoms with E-state index < -0.39 is 0 Å². The number of hydrogen-bond donors (Lipinski definition) is 1. The van der Waals surface area contributed by atoms with Crippen molar-refractivity contribution in [1.29, 1.82) is 0 Å². The van der Waals surface area contributed by atoms with Gasteiger partial charge in [-0.15, -0.1) is 0 Å². The summed E-state index contributed by atoms with van der Waals surface area (Å²) in [5.74, 6) is 4.74. The molecule has 0 radical (unpaired) electrons. The van der Waals surface area contributed by atoms with Crippen LogP contribution in [0.5, 0.6) is 0 Å². The van der Waals surface area contributed by atoms with Crippen molar-refractivity contribution in [3.63, 3.8) is 0 Å². The van der Waals surface area contributed by atoms with Gasteiger partial charge in [0.2, 0.25) is 0 Å². The van der Waals surface area contributed by atoms with Crippen LogP contribution in [-0.4, -0.2) is 11.2 Å². The van der Waals surface area contributed by atoms with Crippen LogP contribution >= 0.6 is 0 Å². The van der Waals surface area contributed by atoms with E-state index in [0.29, 0.717) is 10.8 Å². The first kappa shape index (κ1) is 14.5. The molecule has 21 heavy (non-hydrogen) atoms. The molecule has 4 fully saturated rings. The van der Waals surface area contributed by atoms with E-state index in [9.17, 15) is 5.11 Å². The van der Waals surface area contributed by atoms with Crippen molar-refractivity contribution in [2.45, 2.75) is 84.7 Å². The zero-order chi connectivity index (χ0) is 14.8. The molecule has 4 rings (SSSR count). The molecule has 0 saturated heterocycles. The standard InChI is InChI=1S/C20H34O/c1-13-4-7-17-16-6-5-14-12-15(21)8-10-20(14,3)18(16)9-11-19(13,17)2/h13-18,21H,4-12H2,1-3H3/t13-,14?,15-,16?,17?,18?,19+,20-/m0/s1. The fourth-order valence-corrected chi connectivity index (χ4v) is 7.50. The molecule has 4 aliphatic carbocycles. The summed E-state index contributed by atoms with van der Waals surface area (Å²) in [5, 5.41) is 10.1. The van der Waals surface area contributed by atoms with E-state index >= 15 is 0 Å². The largest absolute Gasteiger partial charge is 0.393 e. The molecule has 4 unspecified atom stereocenters. The van der Waals surface area contributed by atoms with Gasteiger partial charge in [0.1, 0.15) is 0 Å². The normalized spacial score (nSPS) is 60.0. The van der Waals surface area contributed by atoms with Crippen LogP contribution in [0.15, 0.2) is 0 Å². The molecule has 0 spiro atoms. The molecular weight excluding hydrogens is 256 g/mol. The van der Waals surface area contributed by atoms with E-state index in [-0.39, 0.29) is 6.10 Å². The second-order valence-corrected chi connectivity index (χ2v) is 9.61. The molecule has 120 valence electrons. The van der Waals surface area contributed by atoms with Gasteiger partial charge in [-0.05, 0) is 98.2 Å². The lowest BCUT2D eigenvalue weighted by atomic mass is 9.45. The predicted molar refractivity (Wildman–Crippen MR) is 86.9 cm³/mol. The maximum absolute atomic E-state index is 10.1. The van der Waals surface area contributed by atoms with Crippen LogP contribution in [0.1, 0.15) is 78.6 Å². The number of aliphatic hydroxyl groups is 1. The molecular formula is C20H34O. The predicted octanol–water partition coefficient (Wildman–Crippen LogP) is 5.03. The van der Waals surface area contributed by atoms with Gasteiger partial charge in [0.05, 0.1) is 6.10 Å². The molecule has 1 N–H and O–H groups in total. The number of fused-ring (bicyclic) bond motifs is 5. The summed E-state index contributed by atoms with van der Waals surface area (Å²) in [6.45, 7) is 7.73. The van der Waals surface area contributed by atoms with Crippen LogP contribution in [0, 0.1) is 40.4 Å². The average Bonchev–Trinajstić information content (AvgIpc) is 2.76. The van der Waals surface area contributed by atoms with Gasteiger partial charge in [-0.3, -0.25) is 0 Å². The summed E-state index contributed by atoms with van der Waals surface area (Å²) in [6.07, 6.45) is 12.2. The van der Waals surface area contributed by atoms with Crippen molar-refractivity contribution in [2.75, 3.05) is 0 Å². The van der Waals surface area contributed by atoms with Crippen LogP contribution in [0.4, 0.5) is 0 Å². The molecule has 1 heteroatoms. The van der Waals surface area contributed by atoms with E-state index in [0.717, 1.165) is 42.4 Å². The van der Waals surface area contributed by atoms with Crippen molar-refractivity contribution >= 4 is 0 Å². The minimum absolute atomic E-state index is 0.0000147. The molecule has 4 saturated carbocycles. The highest BCUT2D eigenvalue weighted by Crippen LogP contribution is 2.67. The Labute approximate surface area is 130 Å². The molecule has 0 heterocycles. The third-order valence-corrected chi connectivity index (χ3v) is 9.11. The van der Waals surface area contributed by atoms with Crippen molar-refractivity contribution < 1.29 is 5.11 Å². The van der Waals surface area contributed by atoms with Crippen LogP contribution in [0.2, 0.25) is 0 Å². The highest BCUT2D eigenvalue weighted by molar-refractivity contribution is 5.08. The van der Waals surface area contributed by atoms with Crippen molar-refractivity contribution in [3.05, 3.63) is 0 Å². The quantitative estimate of drug-likeness (QED) is 0.663. The van der Waals surface area contributed by atoms with Crippen LogP contribution in [0.3, 0.4) is 0 Å². The van der Waals surface area contributed by atoms with Crippen molar-refractivity contribution in [3.8, 4) is 0 Å². The average molecular weight is 290 g/mol. The Hall–Kier alpha value is -0.0400. The summed E-state index contributed by atoms with van der Waals surface area (Å²) in [5.41, 5.74) is 1.20. The van der Waals surface area contributed by atoms with E-state index in [1.165, 1.54) is 44.9 Å². The van der Waals surface area contributed by atoms with Crippen LogP contribution in [0.25, 0.3) is 0 Å². The van der Waals surface area contributed by atoms with Crippen LogP contribution < -0.4 is 0 Å². The number of rotatable bonds is 0. The molecule has 1 nitrogen and oxygen atoms in total. The zero-order valence-electron chi connectivity index (χ0n) is 14.3. The van der Waals surface area contributed by atoms with E-state index in [2.05, 4.69) is 20.8 Å². The summed E-state index contributed by atoms with van der Waals surface area (Å²) in [7, 11) is 0. The Balaban J connectivity index is 1.62. The minimum atomic E-state index is -0.0000147. The minimum Gasteiger partial charge on any atom is -0.393 e. The third-order valence-electron chi connectivity index (χ3n) is 9.11. The van der Waals surface area contributed by atoms with E-state index in [1.807, 2.05) is 0 Å². The molecule has 0 aromatic heterocycles. The molecule has 4 aliphatic rings. The van der Waals surface area contributed by atoms with Crippen molar-refractivity contribution in [1.82, 2.24) is 0 Å². The van der Waals surface area contributed by atoms with Crippen LogP contribution in [-0.2, 0) is 0 Å². The topological polar surface area (TPSA) is 20.2 Å². The Morgan fingerprint density at radius 3 is 2.33 bits per heavy atom. The van der Waals surface area contributed by atoms with Gasteiger partial charge < -0.3 is 5.11 Å². The van der Waals surface area contributed by atoms with E-state index in [1.54, 1.807) is 0 Å². The number of hydrogen-bond acceptors (Lipinski definition) is 1. The molecule has 0 bridgehead atoms. The van der Waals surface area contributed by atoms with Gasteiger partial charge in [0.15, 0.2) is 0 Å². The molecule has 0 aliphatic heterocycles. The zero-order valence-corrected chi connectivity index (χ0v) is 14.3. The number of aliphatic hydroxyl groups excluding tert-OH is 1. The summed E-state index contributed by atoms with van der Waals surface area (Å²) in [6, 6.07) is 0. The molecule has 0 aromatic carbocycles. The van der Waals surface area contributed by atoms with Gasteiger partial charge in [-0.25, -0.2) is 0 Å². The summed E-state index contributed by atoms with van der Waals surface area (Å²) in [4.78, 5) is 0. The lowest BCUT2D eigenvalue weighted by molar-refractivity contribution is -0.125. The van der Waals surface area contributed by atoms with Gasteiger partial charge in [-0.1, -0.05) is 20.8 Å². The lowest BCUT2D eigenvalue weighted by Gasteiger charge is -2.60. The van der Waals surface area contributed by atoms with E-state index in [4.69, 9.17) is 0 Å². The first-order valence-corrected chi connectivity index (χ1v) is 9.63. The molecule has 0 amide bonds. The smallest absolute Gasteiger partial charge is 0.0543 e. The highest BCUT2D eigenvalue weighted by Gasteiger charge is 2.59. The second kappa shape index (κ2) is 4.73. The maximum Gasteiger partial charge on any atom is 0.0543 e. The Kier molecular flexibility index (Phi) is 3.27. The lowest BCUT2D eigenvalue weighted by Crippen LogP contribution is -2.53. The summed E-state index contributed by atoms with van der Waals surface area (Å²) < 4.78 is 0. The second-order valence-electron chi connectivity index (χ2n) is 9.61. The highest BCUT2D eigenvalue weighted by atomic mass is 16.3. The Morgan fingerprint density at radius 2 is 1.52 bits per heavy atom. The van der Waals surface area contributed by atoms with Gasteiger partial charge >= 0.3 is 0 Å². The first-order chi connectivity index (χ1) is 9.95. The van der Waals surface area contributed by atoms with Gasteiger partial charge in [0.25, 0.3) is 0 Å². The molecule has 8 atom stereocenters. The first-order valence-electron chi connectivity index (χ1n) is 9.63. The molecule has 0 aromatic rings. The van der Waals surface area contributed by atoms with Crippen molar-refractivity contribution in [2.24, 2.45) is 40.4 Å². The summed E-state index contributed by atoms with van der Waals surface area (Å²) >= 11 is 0. The van der Waals surface area contributed by atoms with Gasteiger partial charge in [-0.2, -0.15) is 0 Å². The Bertz CT molecular complexity index is 418. The maximum atomic E-state index is 10.1.